The van der Waals surface area contributed by atoms with Crippen molar-refractivity contribution in [3.63, 3.8) is 0 Å². The van der Waals surface area contributed by atoms with Gasteiger partial charge in [0.15, 0.2) is 30.9 Å². The number of carbonyl (C=O) groups is 2. The monoisotopic (exact) mass is 971 g/mol. The van der Waals surface area contributed by atoms with E-state index in [1.165, 1.54) is 20.8 Å². The van der Waals surface area contributed by atoms with E-state index in [9.17, 15) is 40.2 Å². The number of ether oxygens (including phenoxy) is 11. The summed E-state index contributed by atoms with van der Waals surface area (Å²) in [5, 5.41) is 70.1. The molecule has 0 bridgehead atoms. The second-order valence-electron chi connectivity index (χ2n) is 21.6. The Labute approximate surface area is 399 Å². The van der Waals surface area contributed by atoms with Crippen LogP contribution in [0.4, 0.5) is 0 Å². The molecule has 19 nitrogen and oxygen atoms in total. The van der Waals surface area contributed by atoms with Gasteiger partial charge in [0.1, 0.15) is 47.3 Å². The molecule has 0 aromatic rings. The molecule has 0 unspecified atom stereocenters. The van der Waals surface area contributed by atoms with Crippen LogP contribution in [0.3, 0.4) is 0 Å². The van der Waals surface area contributed by atoms with Crippen molar-refractivity contribution in [3.8, 4) is 0 Å². The van der Waals surface area contributed by atoms with Crippen LogP contribution in [0.15, 0.2) is 11.6 Å². The van der Waals surface area contributed by atoms with E-state index in [-0.39, 0.29) is 51.0 Å². The Morgan fingerprint density at radius 2 is 1.19 bits per heavy atom. The Kier molecular flexibility index (Phi) is 15.1. The van der Waals surface area contributed by atoms with Gasteiger partial charge in [-0.25, -0.2) is 0 Å². The first-order valence-corrected chi connectivity index (χ1v) is 24.8. The summed E-state index contributed by atoms with van der Waals surface area (Å²) in [6.45, 7) is 13.4. The molecule has 6 N–H and O–H groups in total. The highest BCUT2D eigenvalue weighted by Gasteiger charge is 2.80. The molecule has 68 heavy (non-hydrogen) atoms. The zero-order chi connectivity index (χ0) is 49.5. The van der Waals surface area contributed by atoms with Crippen LogP contribution in [0.2, 0.25) is 0 Å². The molecule has 4 heterocycles. The number of ketones is 1. The summed E-state index contributed by atoms with van der Waals surface area (Å²) in [5.41, 5.74) is -6.74. The molecular formula is C49H78O19. The highest BCUT2D eigenvalue weighted by atomic mass is 16.8. The number of hydrogen-bond donors (Lipinski definition) is 6. The molecule has 8 rings (SSSR count). The molecule has 0 radical (unpaired) electrons. The van der Waals surface area contributed by atoms with E-state index < -0.39 is 150 Å². The SMILES string of the molecule is CO[C@H]1C[C@H](O[C@H]2[C@H](C)O[C@@H](O[C@H]3[C@@H](OC(C)=O)C[C@H](O[C@H]4[C@@H](O)C[C@H](O[C@H]5CC[C@@]6(C)C(=CC[C@]7(O)[C@@H]6C[C@@H](O)[C@@]6(C)[C@@]7(O)CC[C@@]6(O)C(C)=O)C5)O[C@@H]4C)O[C@@H]3C)C[C@H]2OC)O[C@H](C)[C@H]1O. The summed E-state index contributed by atoms with van der Waals surface area (Å²) in [5.74, 6) is -1.58. The average Bonchev–Trinajstić information content (AvgIpc) is 3.50. The molecule has 3 saturated carbocycles. The number of fused-ring (bicyclic) bond motifs is 5. The number of carbonyl (C=O) groups excluding carboxylic acids is 2. The fourth-order valence-electron chi connectivity index (χ4n) is 13.8. The molecule has 4 aliphatic carbocycles. The minimum Gasteiger partial charge on any atom is -0.459 e. The minimum absolute atomic E-state index is 0.0169. The summed E-state index contributed by atoms with van der Waals surface area (Å²) < 4.78 is 67.8. The van der Waals surface area contributed by atoms with E-state index >= 15 is 0 Å². The second-order valence-corrected chi connectivity index (χ2v) is 21.6. The highest BCUT2D eigenvalue weighted by Crippen LogP contribution is 2.70. The van der Waals surface area contributed by atoms with Crippen LogP contribution in [0.25, 0.3) is 0 Å². The lowest BCUT2D eigenvalue weighted by Crippen LogP contribution is -2.78. The van der Waals surface area contributed by atoms with E-state index in [0.29, 0.717) is 25.7 Å². The van der Waals surface area contributed by atoms with Gasteiger partial charge in [-0.3, -0.25) is 9.59 Å². The van der Waals surface area contributed by atoms with Crippen LogP contribution in [-0.4, -0.2) is 184 Å². The second kappa shape index (κ2) is 19.6. The fourth-order valence-corrected chi connectivity index (χ4v) is 13.8. The molecule has 4 saturated heterocycles. The number of aliphatic hydroxyl groups is 6. The Bertz CT molecular complexity index is 1840. The van der Waals surface area contributed by atoms with E-state index in [0.717, 1.165) is 5.57 Å². The number of rotatable bonds is 12. The first kappa shape index (κ1) is 52.6. The lowest BCUT2D eigenvalue weighted by molar-refractivity contribution is -0.346. The highest BCUT2D eigenvalue weighted by molar-refractivity contribution is 5.87. The number of esters is 1. The van der Waals surface area contributed by atoms with Crippen molar-refractivity contribution in [1.82, 2.24) is 0 Å². The molecule has 0 spiro atoms. The van der Waals surface area contributed by atoms with Gasteiger partial charge in [0.2, 0.25) is 0 Å². The lowest BCUT2D eigenvalue weighted by Gasteiger charge is -2.66. The quantitative estimate of drug-likeness (QED) is 0.121. The van der Waals surface area contributed by atoms with Crippen molar-refractivity contribution in [2.75, 3.05) is 14.2 Å². The summed E-state index contributed by atoms with van der Waals surface area (Å²) in [7, 11) is 3.12. The largest absolute Gasteiger partial charge is 0.459 e. The molecule has 0 aromatic heterocycles. The molecule has 4 aliphatic heterocycles. The van der Waals surface area contributed by atoms with E-state index in [1.807, 2.05) is 13.0 Å². The van der Waals surface area contributed by atoms with E-state index in [4.69, 9.17) is 52.1 Å². The van der Waals surface area contributed by atoms with Gasteiger partial charge in [0, 0.05) is 52.7 Å². The Morgan fingerprint density at radius 1 is 0.662 bits per heavy atom. The van der Waals surface area contributed by atoms with Crippen LogP contribution >= 0.6 is 0 Å². The molecule has 0 aromatic carbocycles. The fraction of sp³-hybridized carbons (Fsp3) is 0.918. The summed E-state index contributed by atoms with van der Waals surface area (Å²) in [6, 6.07) is 0. The zero-order valence-electron chi connectivity index (χ0n) is 41.3. The van der Waals surface area contributed by atoms with Crippen LogP contribution in [0.5, 0.6) is 0 Å². The van der Waals surface area contributed by atoms with E-state index in [2.05, 4.69) is 6.92 Å². The first-order valence-electron chi connectivity index (χ1n) is 24.8. The third-order valence-electron chi connectivity index (χ3n) is 17.9. The maximum absolute atomic E-state index is 12.8. The van der Waals surface area contributed by atoms with Crippen molar-refractivity contribution in [3.05, 3.63) is 11.6 Å². The third-order valence-corrected chi connectivity index (χ3v) is 17.9. The van der Waals surface area contributed by atoms with Gasteiger partial charge in [-0.05, 0) is 85.0 Å². The van der Waals surface area contributed by atoms with Crippen LogP contribution in [0.1, 0.15) is 126 Å². The predicted octanol–water partition coefficient (Wildman–Crippen LogP) is 2.23. The number of aliphatic hydroxyl groups excluding tert-OH is 3. The Hall–Kier alpha value is -1.76. The summed E-state index contributed by atoms with van der Waals surface area (Å²) in [4.78, 5) is 25.2. The molecule has 19 heteroatoms. The molecular weight excluding hydrogens is 893 g/mol. The van der Waals surface area contributed by atoms with Gasteiger partial charge < -0.3 is 82.7 Å². The van der Waals surface area contributed by atoms with Gasteiger partial charge in [-0.15, -0.1) is 0 Å². The van der Waals surface area contributed by atoms with E-state index in [1.54, 1.807) is 35.0 Å². The predicted molar refractivity (Wildman–Crippen MR) is 236 cm³/mol. The Balaban J connectivity index is 0.854. The van der Waals surface area contributed by atoms with Gasteiger partial charge >= 0.3 is 5.97 Å². The van der Waals surface area contributed by atoms with Crippen molar-refractivity contribution in [2.45, 2.75) is 253 Å². The average molecular weight is 971 g/mol. The summed E-state index contributed by atoms with van der Waals surface area (Å²) >= 11 is 0. The van der Waals surface area contributed by atoms with Crippen molar-refractivity contribution < 1.29 is 92.3 Å². The minimum atomic E-state index is -1.97. The van der Waals surface area contributed by atoms with Crippen LogP contribution in [-0.2, 0) is 61.7 Å². The molecule has 24 atom stereocenters. The molecule has 0 amide bonds. The maximum atomic E-state index is 12.8. The topological polar surface area (TPSA) is 257 Å². The number of hydrogen-bond acceptors (Lipinski definition) is 19. The smallest absolute Gasteiger partial charge is 0.302 e. The molecule has 8 aliphatic rings. The third kappa shape index (κ3) is 8.86. The van der Waals surface area contributed by atoms with Crippen LogP contribution < -0.4 is 0 Å². The summed E-state index contributed by atoms with van der Waals surface area (Å²) in [6.07, 6.45) is -7.70. The normalized spacial score (nSPS) is 52.8. The van der Waals surface area contributed by atoms with Gasteiger partial charge in [-0.1, -0.05) is 25.5 Å². The lowest BCUT2D eigenvalue weighted by atomic mass is 9.42. The zero-order valence-corrected chi connectivity index (χ0v) is 41.3. The maximum Gasteiger partial charge on any atom is 0.302 e. The molecule has 7 fully saturated rings. The van der Waals surface area contributed by atoms with Gasteiger partial charge in [0.05, 0.1) is 60.4 Å². The molecule has 388 valence electrons. The van der Waals surface area contributed by atoms with Crippen molar-refractivity contribution in [2.24, 2.45) is 16.7 Å². The number of Topliss-reactive ketones (excluding diaryl/α,β-unsaturated/α-hetero) is 1. The first-order chi connectivity index (χ1) is 31.9. The van der Waals surface area contributed by atoms with Gasteiger partial charge in [0.25, 0.3) is 0 Å². The number of methoxy groups -OCH3 is 2. The Morgan fingerprint density at radius 3 is 1.76 bits per heavy atom. The van der Waals surface area contributed by atoms with Crippen LogP contribution in [0, 0.1) is 16.7 Å². The van der Waals surface area contributed by atoms with Crippen molar-refractivity contribution >= 4 is 11.8 Å². The van der Waals surface area contributed by atoms with Crippen molar-refractivity contribution in [1.29, 1.82) is 0 Å². The van der Waals surface area contributed by atoms with Gasteiger partial charge in [-0.2, -0.15) is 0 Å². The standard InChI is InChI=1S/C49H78O19/c1-23-41(54)32(58-9)19-38(60-23)67-43-25(3)62-39(20-33(43)59-10)68-44-26(4)63-40(21-34(44)64-28(6)51)66-42-24(2)61-37(18-31(42)52)65-30-12-13-45(7)29(17-30)11-14-48(56)35(45)22-36(53)46(8)47(55,27(5)50)15-16-49(46,48)57/h11,23-26,30-44,52-57H,12-22H2,1-10H3/t23-,24-,25+,26-,30+,31+,32+,33-,34+,35-,36-,37+,38+,39+,40+,41-,42-,43+,44-,45+,46-,47-,48+,49+/m1/s1.